The standard InChI is InChI=1S/C12H24N2O3/c1-16-8-2-5-14-12(15)10-17-9-11-3-6-13-7-4-11/h11,13H,2-10H2,1H3,(H,14,15). The third-order valence-corrected chi connectivity index (χ3v) is 2.89. The average molecular weight is 244 g/mol. The number of rotatable bonds is 8. The molecule has 1 heterocycles. The second kappa shape index (κ2) is 9.39. The molecule has 1 rings (SSSR count). The van der Waals surface area contributed by atoms with Gasteiger partial charge >= 0.3 is 0 Å². The molecule has 0 aromatic heterocycles. The maximum absolute atomic E-state index is 11.4. The van der Waals surface area contributed by atoms with Crippen molar-refractivity contribution in [3.63, 3.8) is 0 Å². The maximum Gasteiger partial charge on any atom is 0.245 e. The molecule has 1 aliphatic heterocycles. The van der Waals surface area contributed by atoms with E-state index in [1.165, 1.54) is 0 Å². The van der Waals surface area contributed by atoms with Gasteiger partial charge in [-0.2, -0.15) is 0 Å². The number of carbonyl (C=O) groups is 1. The maximum atomic E-state index is 11.4. The van der Waals surface area contributed by atoms with E-state index in [9.17, 15) is 4.79 Å². The molecule has 1 fully saturated rings. The van der Waals surface area contributed by atoms with Gasteiger partial charge in [0, 0.05) is 20.3 Å². The predicted molar refractivity (Wildman–Crippen MR) is 65.9 cm³/mol. The number of nitrogens with one attached hydrogen (secondary N) is 2. The second-order valence-corrected chi connectivity index (χ2v) is 4.40. The number of piperidine rings is 1. The molecule has 1 saturated heterocycles. The molecule has 1 amide bonds. The van der Waals surface area contributed by atoms with Crippen molar-refractivity contribution in [2.45, 2.75) is 19.3 Å². The molecule has 0 aliphatic carbocycles. The van der Waals surface area contributed by atoms with E-state index in [2.05, 4.69) is 10.6 Å². The number of hydrogen-bond donors (Lipinski definition) is 2. The first-order valence-corrected chi connectivity index (χ1v) is 6.37. The van der Waals surface area contributed by atoms with E-state index in [1.54, 1.807) is 7.11 Å². The van der Waals surface area contributed by atoms with Gasteiger partial charge in [0.25, 0.3) is 0 Å². The highest BCUT2D eigenvalue weighted by atomic mass is 16.5. The molecule has 5 heteroatoms. The van der Waals surface area contributed by atoms with Gasteiger partial charge in [-0.05, 0) is 38.3 Å². The van der Waals surface area contributed by atoms with Gasteiger partial charge in [-0.25, -0.2) is 0 Å². The summed E-state index contributed by atoms with van der Waals surface area (Å²) < 4.78 is 10.3. The van der Waals surface area contributed by atoms with Crippen LogP contribution in [0.15, 0.2) is 0 Å². The van der Waals surface area contributed by atoms with Crippen molar-refractivity contribution in [2.24, 2.45) is 5.92 Å². The first kappa shape index (κ1) is 14.4. The van der Waals surface area contributed by atoms with Crippen molar-refractivity contribution in [3.8, 4) is 0 Å². The molecular formula is C12H24N2O3. The van der Waals surface area contributed by atoms with Crippen molar-refractivity contribution in [3.05, 3.63) is 0 Å². The molecule has 17 heavy (non-hydrogen) atoms. The summed E-state index contributed by atoms with van der Waals surface area (Å²) >= 11 is 0. The lowest BCUT2D eigenvalue weighted by Gasteiger charge is -2.22. The molecule has 1 aliphatic rings. The fraction of sp³-hybridized carbons (Fsp3) is 0.917. The van der Waals surface area contributed by atoms with Crippen LogP contribution in [-0.4, -0.2) is 52.5 Å². The van der Waals surface area contributed by atoms with Gasteiger partial charge in [0.05, 0.1) is 6.61 Å². The summed E-state index contributed by atoms with van der Waals surface area (Å²) in [6.45, 7) is 4.35. The minimum atomic E-state index is -0.0324. The van der Waals surface area contributed by atoms with E-state index in [4.69, 9.17) is 9.47 Å². The number of methoxy groups -OCH3 is 1. The summed E-state index contributed by atoms with van der Waals surface area (Å²) in [6, 6.07) is 0. The number of carbonyl (C=O) groups excluding carboxylic acids is 1. The van der Waals surface area contributed by atoms with E-state index in [0.717, 1.165) is 32.4 Å². The Bertz CT molecular complexity index is 206. The number of amides is 1. The Balaban J connectivity index is 1.92. The highest BCUT2D eigenvalue weighted by molar-refractivity contribution is 5.77. The molecule has 0 aromatic carbocycles. The molecule has 0 unspecified atom stereocenters. The lowest BCUT2D eigenvalue weighted by molar-refractivity contribution is -0.126. The van der Waals surface area contributed by atoms with E-state index in [0.29, 0.717) is 25.7 Å². The van der Waals surface area contributed by atoms with Crippen LogP contribution < -0.4 is 10.6 Å². The second-order valence-electron chi connectivity index (χ2n) is 4.40. The highest BCUT2D eigenvalue weighted by Crippen LogP contribution is 2.11. The van der Waals surface area contributed by atoms with E-state index in [-0.39, 0.29) is 12.5 Å². The summed E-state index contributed by atoms with van der Waals surface area (Å²) in [5, 5.41) is 6.11. The van der Waals surface area contributed by atoms with Crippen LogP contribution in [0.4, 0.5) is 0 Å². The fourth-order valence-electron chi connectivity index (χ4n) is 1.86. The van der Waals surface area contributed by atoms with Gasteiger partial charge in [-0.1, -0.05) is 0 Å². The van der Waals surface area contributed by atoms with Crippen molar-refractivity contribution in [1.29, 1.82) is 0 Å². The Morgan fingerprint density at radius 3 is 2.88 bits per heavy atom. The van der Waals surface area contributed by atoms with Crippen LogP contribution in [0.25, 0.3) is 0 Å². The predicted octanol–water partition coefficient (Wildman–Crippen LogP) is 0.155. The summed E-state index contributed by atoms with van der Waals surface area (Å²) in [5.41, 5.74) is 0. The first-order chi connectivity index (χ1) is 8.33. The number of hydrogen-bond acceptors (Lipinski definition) is 4. The summed E-state index contributed by atoms with van der Waals surface area (Å²) in [7, 11) is 1.66. The van der Waals surface area contributed by atoms with E-state index >= 15 is 0 Å². The molecule has 2 N–H and O–H groups in total. The molecule has 0 spiro atoms. The van der Waals surface area contributed by atoms with Crippen molar-refractivity contribution < 1.29 is 14.3 Å². The monoisotopic (exact) mass is 244 g/mol. The molecular weight excluding hydrogens is 220 g/mol. The Morgan fingerprint density at radius 1 is 1.41 bits per heavy atom. The van der Waals surface area contributed by atoms with E-state index < -0.39 is 0 Å². The largest absolute Gasteiger partial charge is 0.385 e. The van der Waals surface area contributed by atoms with Gasteiger partial charge in [-0.3, -0.25) is 4.79 Å². The third-order valence-electron chi connectivity index (χ3n) is 2.89. The van der Waals surface area contributed by atoms with E-state index in [1.807, 2.05) is 0 Å². The quantitative estimate of drug-likeness (QED) is 0.597. The van der Waals surface area contributed by atoms with Gasteiger partial charge in [0.15, 0.2) is 0 Å². The third kappa shape index (κ3) is 7.31. The molecule has 0 aromatic rings. The zero-order valence-corrected chi connectivity index (χ0v) is 10.7. The molecule has 0 saturated carbocycles. The van der Waals surface area contributed by atoms with Gasteiger partial charge in [0.2, 0.25) is 5.91 Å². The summed E-state index contributed by atoms with van der Waals surface area (Å²) in [6.07, 6.45) is 3.14. The summed E-state index contributed by atoms with van der Waals surface area (Å²) in [4.78, 5) is 11.4. The first-order valence-electron chi connectivity index (χ1n) is 6.37. The zero-order chi connectivity index (χ0) is 12.3. The molecule has 0 bridgehead atoms. The van der Waals surface area contributed by atoms with Gasteiger partial charge in [-0.15, -0.1) is 0 Å². The minimum absolute atomic E-state index is 0.0324. The Morgan fingerprint density at radius 2 is 2.18 bits per heavy atom. The van der Waals surface area contributed by atoms with Crippen LogP contribution in [0.3, 0.4) is 0 Å². The average Bonchev–Trinajstić information content (AvgIpc) is 2.36. The Labute approximate surface area is 103 Å². The fourth-order valence-corrected chi connectivity index (χ4v) is 1.86. The molecule has 0 atom stereocenters. The topological polar surface area (TPSA) is 59.6 Å². The Hall–Kier alpha value is -0.650. The SMILES string of the molecule is COCCCNC(=O)COCC1CCNCC1. The normalized spacial score (nSPS) is 17.0. The lowest BCUT2D eigenvalue weighted by atomic mass is 9.99. The van der Waals surface area contributed by atoms with Gasteiger partial charge in [0.1, 0.15) is 6.61 Å². The van der Waals surface area contributed by atoms with Crippen LogP contribution in [-0.2, 0) is 14.3 Å². The zero-order valence-electron chi connectivity index (χ0n) is 10.7. The van der Waals surface area contributed by atoms with Gasteiger partial charge < -0.3 is 20.1 Å². The molecule has 100 valence electrons. The van der Waals surface area contributed by atoms with Crippen LogP contribution in [0.2, 0.25) is 0 Å². The minimum Gasteiger partial charge on any atom is -0.385 e. The smallest absolute Gasteiger partial charge is 0.245 e. The molecule has 5 nitrogen and oxygen atoms in total. The highest BCUT2D eigenvalue weighted by Gasteiger charge is 2.13. The Kier molecular flexibility index (Phi) is 7.96. The summed E-state index contributed by atoms with van der Waals surface area (Å²) in [5.74, 6) is 0.576. The molecule has 0 radical (unpaired) electrons. The van der Waals surface area contributed by atoms with Crippen LogP contribution >= 0.6 is 0 Å². The van der Waals surface area contributed by atoms with Crippen molar-refractivity contribution in [2.75, 3.05) is 46.6 Å². The van der Waals surface area contributed by atoms with Crippen LogP contribution in [0.1, 0.15) is 19.3 Å². The lowest BCUT2D eigenvalue weighted by Crippen LogP contribution is -2.32. The number of ether oxygens (including phenoxy) is 2. The van der Waals surface area contributed by atoms with Crippen LogP contribution in [0, 0.1) is 5.92 Å². The van der Waals surface area contributed by atoms with Crippen molar-refractivity contribution >= 4 is 5.91 Å². The van der Waals surface area contributed by atoms with Crippen molar-refractivity contribution in [1.82, 2.24) is 10.6 Å². The van der Waals surface area contributed by atoms with Crippen LogP contribution in [0.5, 0.6) is 0 Å².